The van der Waals surface area contributed by atoms with Gasteiger partial charge in [-0.25, -0.2) is 4.98 Å². The van der Waals surface area contributed by atoms with Crippen LogP contribution in [0.4, 0.5) is 5.13 Å². The van der Waals surface area contributed by atoms with Gasteiger partial charge >= 0.3 is 0 Å². The molecule has 1 aromatic heterocycles. The van der Waals surface area contributed by atoms with Gasteiger partial charge in [0.1, 0.15) is 0 Å². The molecule has 5 nitrogen and oxygen atoms in total. The Balaban J connectivity index is 1.65. The molecule has 7 heteroatoms. The summed E-state index contributed by atoms with van der Waals surface area (Å²) in [6.45, 7) is 2.52. The van der Waals surface area contributed by atoms with Gasteiger partial charge in [-0.3, -0.25) is 5.43 Å². The first-order valence-electron chi connectivity index (χ1n) is 8.41. The number of halogens is 1. The Labute approximate surface area is 171 Å². The van der Waals surface area contributed by atoms with E-state index < -0.39 is 0 Å². The van der Waals surface area contributed by atoms with Crippen LogP contribution in [0.15, 0.2) is 57.4 Å². The molecule has 0 atom stereocenters. The summed E-state index contributed by atoms with van der Waals surface area (Å²) in [5, 5.41) is 6.97. The average Bonchev–Trinajstić information content (AvgIpc) is 3.09. The van der Waals surface area contributed by atoms with Crippen LogP contribution in [0.25, 0.3) is 0 Å². The number of rotatable bonds is 8. The van der Waals surface area contributed by atoms with E-state index in [2.05, 4.69) is 43.6 Å². The predicted octanol–water partition coefficient (Wildman–Crippen LogP) is 5.29. The zero-order valence-electron chi connectivity index (χ0n) is 15.1. The van der Waals surface area contributed by atoms with Crippen LogP contribution in [-0.2, 0) is 6.42 Å². The molecule has 0 fully saturated rings. The minimum absolute atomic E-state index is 0.575. The Morgan fingerprint density at radius 2 is 2.04 bits per heavy atom. The topological polar surface area (TPSA) is 55.7 Å². The van der Waals surface area contributed by atoms with E-state index in [9.17, 15) is 0 Å². The van der Waals surface area contributed by atoms with Crippen LogP contribution in [0, 0.1) is 6.92 Å². The predicted molar refractivity (Wildman–Crippen MR) is 114 cm³/mol. The first-order valence-corrected chi connectivity index (χ1v) is 10.1. The van der Waals surface area contributed by atoms with Crippen LogP contribution in [0.2, 0.25) is 0 Å². The molecule has 0 amide bonds. The quantitative estimate of drug-likeness (QED) is 0.377. The number of aromatic nitrogens is 1. The van der Waals surface area contributed by atoms with Crippen LogP contribution < -0.4 is 14.9 Å². The number of aryl methyl sites for hydroxylation is 1. The van der Waals surface area contributed by atoms with Crippen molar-refractivity contribution in [2.24, 2.45) is 5.10 Å². The van der Waals surface area contributed by atoms with Gasteiger partial charge in [0.25, 0.3) is 0 Å². The van der Waals surface area contributed by atoms with Gasteiger partial charge in [-0.05, 0) is 40.5 Å². The number of hydrogen-bond acceptors (Lipinski definition) is 6. The van der Waals surface area contributed by atoms with Crippen molar-refractivity contribution in [3.05, 3.63) is 69.1 Å². The molecule has 0 bridgehead atoms. The van der Waals surface area contributed by atoms with Crippen LogP contribution in [0.1, 0.15) is 16.8 Å². The monoisotopic (exact) mass is 445 g/mol. The Bertz CT molecular complexity index is 913. The lowest BCUT2D eigenvalue weighted by atomic mass is 10.2. The van der Waals surface area contributed by atoms with Gasteiger partial charge in [-0.1, -0.05) is 30.3 Å². The van der Waals surface area contributed by atoms with E-state index in [-0.39, 0.29) is 0 Å². The Morgan fingerprint density at radius 1 is 1.22 bits per heavy atom. The first-order chi connectivity index (χ1) is 13.2. The molecule has 1 heterocycles. The molecule has 140 valence electrons. The van der Waals surface area contributed by atoms with Crippen molar-refractivity contribution in [3.63, 3.8) is 0 Å². The maximum absolute atomic E-state index is 5.92. The lowest BCUT2D eigenvalue weighted by Gasteiger charge is -2.12. The first kappa shape index (κ1) is 19.4. The van der Waals surface area contributed by atoms with E-state index in [1.54, 1.807) is 13.3 Å². The van der Waals surface area contributed by atoms with Crippen LogP contribution in [0.5, 0.6) is 11.5 Å². The van der Waals surface area contributed by atoms with E-state index in [4.69, 9.17) is 9.47 Å². The molecule has 1 N–H and O–H groups in total. The number of nitrogens with zero attached hydrogens (tertiary/aromatic N) is 2. The minimum Gasteiger partial charge on any atom is -0.493 e. The van der Waals surface area contributed by atoms with Crippen LogP contribution >= 0.6 is 27.3 Å². The zero-order valence-corrected chi connectivity index (χ0v) is 17.5. The summed E-state index contributed by atoms with van der Waals surface area (Å²) >= 11 is 5.08. The maximum Gasteiger partial charge on any atom is 0.203 e. The molecule has 27 heavy (non-hydrogen) atoms. The third kappa shape index (κ3) is 5.55. The van der Waals surface area contributed by atoms with E-state index in [1.165, 1.54) is 16.9 Å². The fourth-order valence-electron chi connectivity index (χ4n) is 2.41. The van der Waals surface area contributed by atoms with Gasteiger partial charge in [0.15, 0.2) is 11.5 Å². The number of thiazole rings is 1. The van der Waals surface area contributed by atoms with E-state index in [0.29, 0.717) is 18.1 Å². The number of methoxy groups -OCH3 is 1. The molecule has 0 aliphatic rings. The molecule has 0 aliphatic carbocycles. The smallest absolute Gasteiger partial charge is 0.203 e. The molecular formula is C20H20BrN3O2S. The number of benzene rings is 2. The highest BCUT2D eigenvalue weighted by molar-refractivity contribution is 9.10. The molecule has 0 radical (unpaired) electrons. The van der Waals surface area contributed by atoms with Crippen molar-refractivity contribution >= 4 is 38.6 Å². The zero-order chi connectivity index (χ0) is 19.1. The molecule has 0 saturated heterocycles. The summed E-state index contributed by atoms with van der Waals surface area (Å²) in [7, 11) is 1.63. The Morgan fingerprint density at radius 3 is 2.74 bits per heavy atom. The standard InChI is InChI=1S/C20H20BrN3O2S/c1-14-13-27-20(23-14)24-22-12-16-10-18(25-2)19(11-17(16)21)26-9-8-15-6-4-3-5-7-15/h3-7,10-13H,8-9H2,1-2H3,(H,23,24). The second-order valence-electron chi connectivity index (χ2n) is 5.77. The minimum atomic E-state index is 0.575. The summed E-state index contributed by atoms with van der Waals surface area (Å²) < 4.78 is 12.3. The van der Waals surface area contributed by atoms with Crippen molar-refractivity contribution < 1.29 is 9.47 Å². The molecule has 3 aromatic rings. The summed E-state index contributed by atoms with van der Waals surface area (Å²) in [4.78, 5) is 4.31. The molecule has 0 saturated carbocycles. The van der Waals surface area contributed by atoms with E-state index in [1.807, 2.05) is 42.6 Å². The van der Waals surface area contributed by atoms with Crippen molar-refractivity contribution in [1.29, 1.82) is 0 Å². The fraction of sp³-hybridized carbons (Fsp3) is 0.200. The molecule has 2 aromatic carbocycles. The number of hydrazone groups is 1. The normalized spacial score (nSPS) is 10.9. The molecule has 3 rings (SSSR count). The summed E-state index contributed by atoms with van der Waals surface area (Å²) in [6, 6.07) is 14.0. The van der Waals surface area contributed by atoms with Gasteiger partial charge in [0, 0.05) is 21.8 Å². The SMILES string of the molecule is COc1cc(C=NNc2nc(C)cs2)c(Br)cc1OCCc1ccccc1. The number of anilines is 1. The van der Waals surface area contributed by atoms with Crippen molar-refractivity contribution in [1.82, 2.24) is 4.98 Å². The summed E-state index contributed by atoms with van der Waals surface area (Å²) in [5.41, 5.74) is 6.02. The van der Waals surface area contributed by atoms with Gasteiger partial charge < -0.3 is 9.47 Å². The highest BCUT2D eigenvalue weighted by Gasteiger charge is 2.09. The number of nitrogens with one attached hydrogen (secondary N) is 1. The summed E-state index contributed by atoms with van der Waals surface area (Å²) in [5.74, 6) is 1.36. The van der Waals surface area contributed by atoms with Gasteiger partial charge in [0.05, 0.1) is 25.6 Å². The van der Waals surface area contributed by atoms with Crippen LogP contribution in [-0.4, -0.2) is 24.9 Å². The average molecular weight is 446 g/mol. The van der Waals surface area contributed by atoms with E-state index in [0.717, 1.165) is 27.3 Å². The Hall–Kier alpha value is -2.38. The third-order valence-electron chi connectivity index (χ3n) is 3.76. The molecule has 0 unspecified atom stereocenters. The largest absolute Gasteiger partial charge is 0.493 e. The highest BCUT2D eigenvalue weighted by Crippen LogP contribution is 2.33. The summed E-state index contributed by atoms with van der Waals surface area (Å²) in [6.07, 6.45) is 2.55. The number of ether oxygens (including phenoxy) is 2. The third-order valence-corrected chi connectivity index (χ3v) is 5.31. The van der Waals surface area contributed by atoms with Gasteiger partial charge in [-0.2, -0.15) is 5.10 Å². The van der Waals surface area contributed by atoms with Gasteiger partial charge in [-0.15, -0.1) is 11.3 Å². The lowest BCUT2D eigenvalue weighted by molar-refractivity contribution is 0.297. The maximum atomic E-state index is 5.92. The highest BCUT2D eigenvalue weighted by atomic mass is 79.9. The van der Waals surface area contributed by atoms with Crippen molar-refractivity contribution in [3.8, 4) is 11.5 Å². The second kappa shape index (κ2) is 9.53. The second-order valence-corrected chi connectivity index (χ2v) is 7.49. The number of hydrogen-bond donors (Lipinski definition) is 1. The van der Waals surface area contributed by atoms with E-state index >= 15 is 0 Å². The Kier molecular flexibility index (Phi) is 6.84. The lowest BCUT2D eigenvalue weighted by Crippen LogP contribution is -2.03. The molecular weight excluding hydrogens is 426 g/mol. The van der Waals surface area contributed by atoms with Gasteiger partial charge in [0.2, 0.25) is 5.13 Å². The molecule has 0 spiro atoms. The van der Waals surface area contributed by atoms with Crippen molar-refractivity contribution in [2.75, 3.05) is 19.1 Å². The fourth-order valence-corrected chi connectivity index (χ4v) is 3.47. The van der Waals surface area contributed by atoms with Crippen molar-refractivity contribution in [2.45, 2.75) is 13.3 Å². The van der Waals surface area contributed by atoms with Crippen LogP contribution in [0.3, 0.4) is 0 Å². The molecule has 0 aliphatic heterocycles.